The molecule has 1 saturated heterocycles. The Morgan fingerprint density at radius 3 is 2.60 bits per heavy atom. The first-order valence-corrected chi connectivity index (χ1v) is 7.29. The van der Waals surface area contributed by atoms with E-state index in [1.165, 1.54) is 18.2 Å². The molecule has 6 nitrogen and oxygen atoms in total. The number of anilines is 1. The van der Waals surface area contributed by atoms with Crippen LogP contribution in [0.2, 0.25) is 0 Å². The summed E-state index contributed by atoms with van der Waals surface area (Å²) in [5, 5.41) is 20.7. The molecule has 2 heterocycles. The molecule has 25 heavy (non-hydrogen) atoms. The van der Waals surface area contributed by atoms with Crippen molar-refractivity contribution in [3.05, 3.63) is 52.0 Å². The largest absolute Gasteiger partial charge is 0.345 e. The van der Waals surface area contributed by atoms with Crippen molar-refractivity contribution in [2.75, 3.05) is 18.0 Å². The zero-order chi connectivity index (χ0) is 18.2. The molecule has 1 aromatic heterocycles. The Morgan fingerprint density at radius 2 is 2.04 bits per heavy atom. The van der Waals surface area contributed by atoms with Gasteiger partial charge in [-0.1, -0.05) is 18.2 Å². The SMILES string of the molecule is N#Cc1cc(-c2ccccc2F)c([N+](=O)[O-])c(N2CCC(F)(F)C2)n1. The maximum Gasteiger partial charge on any atom is 0.319 e. The highest BCUT2D eigenvalue weighted by Gasteiger charge is 2.42. The van der Waals surface area contributed by atoms with Crippen LogP contribution < -0.4 is 4.90 Å². The molecule has 3 rings (SSSR count). The second-order valence-electron chi connectivity index (χ2n) is 5.60. The number of nitro groups is 1. The van der Waals surface area contributed by atoms with Gasteiger partial charge in [-0.3, -0.25) is 10.1 Å². The van der Waals surface area contributed by atoms with Gasteiger partial charge in [-0.15, -0.1) is 0 Å². The molecule has 1 fully saturated rings. The summed E-state index contributed by atoms with van der Waals surface area (Å²) >= 11 is 0. The molecule has 0 spiro atoms. The number of alkyl halides is 2. The average molecular weight is 348 g/mol. The Morgan fingerprint density at radius 1 is 1.32 bits per heavy atom. The maximum atomic E-state index is 14.1. The Kier molecular flexibility index (Phi) is 4.04. The highest BCUT2D eigenvalue weighted by molar-refractivity contribution is 5.82. The van der Waals surface area contributed by atoms with Gasteiger partial charge in [0.2, 0.25) is 5.82 Å². The number of nitrogens with zero attached hydrogens (tertiary/aromatic N) is 4. The van der Waals surface area contributed by atoms with E-state index < -0.39 is 35.3 Å². The van der Waals surface area contributed by atoms with E-state index in [1.807, 2.05) is 0 Å². The molecule has 9 heteroatoms. The number of nitriles is 1. The first-order chi connectivity index (χ1) is 11.8. The Labute approximate surface area is 140 Å². The number of hydrogen-bond acceptors (Lipinski definition) is 5. The van der Waals surface area contributed by atoms with Gasteiger partial charge in [-0.05, 0) is 12.1 Å². The summed E-state index contributed by atoms with van der Waals surface area (Å²) < 4.78 is 41.2. The van der Waals surface area contributed by atoms with Crippen LogP contribution in [0.4, 0.5) is 24.7 Å². The maximum absolute atomic E-state index is 14.1. The summed E-state index contributed by atoms with van der Waals surface area (Å²) in [6.45, 7) is -0.890. The lowest BCUT2D eigenvalue weighted by Crippen LogP contribution is -2.26. The lowest BCUT2D eigenvalue weighted by molar-refractivity contribution is -0.383. The van der Waals surface area contributed by atoms with Gasteiger partial charge in [-0.25, -0.2) is 18.2 Å². The fraction of sp³-hybridized carbons (Fsp3) is 0.250. The third-order valence-corrected chi connectivity index (χ3v) is 3.90. The van der Waals surface area contributed by atoms with Gasteiger partial charge < -0.3 is 4.90 Å². The number of benzene rings is 1. The lowest BCUT2D eigenvalue weighted by Gasteiger charge is -2.18. The van der Waals surface area contributed by atoms with Gasteiger partial charge in [0, 0.05) is 18.5 Å². The zero-order valence-electron chi connectivity index (χ0n) is 12.7. The summed E-state index contributed by atoms with van der Waals surface area (Å²) in [6, 6.07) is 8.17. The third-order valence-electron chi connectivity index (χ3n) is 3.90. The quantitative estimate of drug-likeness (QED) is 0.626. The second-order valence-corrected chi connectivity index (χ2v) is 5.60. The Hall–Kier alpha value is -3.15. The summed E-state index contributed by atoms with van der Waals surface area (Å²) in [5.74, 6) is -4.08. The number of aromatic nitrogens is 1. The van der Waals surface area contributed by atoms with E-state index >= 15 is 0 Å². The number of halogens is 3. The van der Waals surface area contributed by atoms with E-state index in [1.54, 1.807) is 6.07 Å². The summed E-state index contributed by atoms with van der Waals surface area (Å²) in [6.07, 6.45) is -0.475. The van der Waals surface area contributed by atoms with Crippen molar-refractivity contribution in [2.45, 2.75) is 12.3 Å². The third kappa shape index (κ3) is 3.10. The van der Waals surface area contributed by atoms with Gasteiger partial charge in [0.05, 0.1) is 17.0 Å². The summed E-state index contributed by atoms with van der Waals surface area (Å²) in [7, 11) is 0. The van der Waals surface area contributed by atoms with E-state index in [0.29, 0.717) is 0 Å². The fourth-order valence-corrected chi connectivity index (χ4v) is 2.78. The van der Waals surface area contributed by atoms with E-state index in [-0.39, 0.29) is 29.2 Å². The predicted octanol–water partition coefficient (Wildman–Crippen LogP) is 3.51. The minimum atomic E-state index is -3.00. The van der Waals surface area contributed by atoms with Crippen molar-refractivity contribution in [3.8, 4) is 17.2 Å². The molecular weight excluding hydrogens is 337 g/mol. The van der Waals surface area contributed by atoms with Crippen LogP contribution in [0.5, 0.6) is 0 Å². The Bertz CT molecular complexity index is 895. The molecule has 0 aliphatic carbocycles. The van der Waals surface area contributed by atoms with Crippen molar-refractivity contribution in [2.24, 2.45) is 0 Å². The normalized spacial score (nSPS) is 15.8. The second kappa shape index (κ2) is 6.05. The first kappa shape index (κ1) is 16.7. The van der Waals surface area contributed by atoms with Crippen LogP contribution in [-0.4, -0.2) is 28.9 Å². The number of rotatable bonds is 3. The summed E-state index contributed by atoms with van der Waals surface area (Å²) in [5.41, 5.74) is -1.07. The highest BCUT2D eigenvalue weighted by atomic mass is 19.3. The van der Waals surface area contributed by atoms with Crippen molar-refractivity contribution in [1.82, 2.24) is 4.98 Å². The molecule has 0 unspecified atom stereocenters. The first-order valence-electron chi connectivity index (χ1n) is 7.29. The molecule has 2 aromatic rings. The van der Waals surface area contributed by atoms with Crippen molar-refractivity contribution in [1.29, 1.82) is 5.26 Å². The van der Waals surface area contributed by atoms with Gasteiger partial charge in [0.1, 0.15) is 17.6 Å². The van der Waals surface area contributed by atoms with Crippen LogP contribution in [0.15, 0.2) is 30.3 Å². The number of pyridine rings is 1. The van der Waals surface area contributed by atoms with E-state index in [0.717, 1.165) is 17.0 Å². The molecule has 128 valence electrons. The van der Waals surface area contributed by atoms with Gasteiger partial charge in [-0.2, -0.15) is 5.26 Å². The lowest BCUT2D eigenvalue weighted by atomic mass is 10.0. The standard InChI is InChI=1S/C16H11F3N4O2/c17-13-4-2-1-3-11(13)12-7-10(8-20)21-15(14(12)23(24)25)22-6-5-16(18,19)9-22/h1-4,7H,5-6,9H2. The van der Waals surface area contributed by atoms with E-state index in [4.69, 9.17) is 5.26 Å². The molecule has 1 aromatic carbocycles. The smallest absolute Gasteiger partial charge is 0.319 e. The van der Waals surface area contributed by atoms with Crippen LogP contribution in [0.3, 0.4) is 0 Å². The van der Waals surface area contributed by atoms with Crippen molar-refractivity contribution in [3.63, 3.8) is 0 Å². The average Bonchev–Trinajstić information content (AvgIpc) is 2.93. The minimum Gasteiger partial charge on any atom is -0.345 e. The molecular formula is C16H11F3N4O2. The van der Waals surface area contributed by atoms with Gasteiger partial charge in [0.25, 0.3) is 5.92 Å². The molecule has 0 amide bonds. The summed E-state index contributed by atoms with van der Waals surface area (Å²) in [4.78, 5) is 15.7. The molecule has 0 N–H and O–H groups in total. The molecule has 0 atom stereocenters. The zero-order valence-corrected chi connectivity index (χ0v) is 12.7. The van der Waals surface area contributed by atoms with Crippen molar-refractivity contribution < 1.29 is 18.1 Å². The molecule has 0 saturated carbocycles. The fourth-order valence-electron chi connectivity index (χ4n) is 2.78. The van der Waals surface area contributed by atoms with Gasteiger partial charge >= 0.3 is 5.69 Å². The number of hydrogen-bond donors (Lipinski definition) is 0. The topological polar surface area (TPSA) is 83.1 Å². The van der Waals surface area contributed by atoms with Crippen LogP contribution in [-0.2, 0) is 0 Å². The monoisotopic (exact) mass is 348 g/mol. The van der Waals surface area contributed by atoms with Crippen LogP contribution in [0.1, 0.15) is 12.1 Å². The molecule has 1 aliphatic rings. The van der Waals surface area contributed by atoms with Crippen molar-refractivity contribution >= 4 is 11.5 Å². The van der Waals surface area contributed by atoms with E-state index in [9.17, 15) is 23.3 Å². The minimum absolute atomic E-state index is 0.0969. The van der Waals surface area contributed by atoms with Gasteiger partial charge in [0.15, 0.2) is 0 Å². The highest BCUT2D eigenvalue weighted by Crippen LogP contribution is 2.41. The van der Waals surface area contributed by atoms with Crippen LogP contribution in [0.25, 0.3) is 11.1 Å². The van der Waals surface area contributed by atoms with Crippen LogP contribution in [0, 0.1) is 27.3 Å². The van der Waals surface area contributed by atoms with Crippen LogP contribution >= 0.6 is 0 Å². The molecule has 0 bridgehead atoms. The molecule has 0 radical (unpaired) electrons. The Balaban J connectivity index is 2.26. The molecule has 1 aliphatic heterocycles. The van der Waals surface area contributed by atoms with E-state index in [2.05, 4.69) is 4.98 Å². The predicted molar refractivity (Wildman–Crippen MR) is 82.8 cm³/mol.